The van der Waals surface area contributed by atoms with Crippen LogP contribution in [-0.2, 0) is 6.54 Å². The lowest BCUT2D eigenvalue weighted by atomic mass is 9.80. The highest BCUT2D eigenvalue weighted by Gasteiger charge is 2.38. The van der Waals surface area contributed by atoms with Gasteiger partial charge in [-0.25, -0.2) is 0 Å². The van der Waals surface area contributed by atoms with Gasteiger partial charge in [0.15, 0.2) is 5.11 Å². The van der Waals surface area contributed by atoms with Gasteiger partial charge in [0.05, 0.1) is 0 Å². The summed E-state index contributed by atoms with van der Waals surface area (Å²) in [4.78, 5) is 8.76. The molecule has 0 bridgehead atoms. The molecule has 2 heterocycles. The maximum Gasteiger partial charge on any atom is 0.169 e. The smallest absolute Gasteiger partial charge is 0.169 e. The SMILES string of the molecule is CN(C)CCCN(Cc1cccnc1)C(=S)NC1CC(C)(C)NC(C)(C)C1. The molecule has 1 aliphatic heterocycles. The van der Waals surface area contributed by atoms with Crippen molar-refractivity contribution in [3.8, 4) is 0 Å². The molecule has 1 aliphatic rings. The molecule has 1 aromatic rings. The molecule has 2 N–H and O–H groups in total. The molecule has 0 spiro atoms. The van der Waals surface area contributed by atoms with Gasteiger partial charge in [0, 0.05) is 42.6 Å². The predicted octanol–water partition coefficient (Wildman–Crippen LogP) is 3.02. The monoisotopic (exact) mass is 391 g/mol. The largest absolute Gasteiger partial charge is 0.360 e. The van der Waals surface area contributed by atoms with Crippen LogP contribution < -0.4 is 10.6 Å². The fourth-order valence-corrected chi connectivity index (χ4v) is 4.56. The second-order valence-corrected chi connectivity index (χ2v) is 9.77. The average Bonchev–Trinajstić information content (AvgIpc) is 2.51. The van der Waals surface area contributed by atoms with Crippen LogP contribution in [0.4, 0.5) is 0 Å². The number of hydrogen-bond donors (Lipinski definition) is 2. The van der Waals surface area contributed by atoms with Crippen LogP contribution >= 0.6 is 12.2 Å². The summed E-state index contributed by atoms with van der Waals surface area (Å²) in [5, 5.41) is 8.27. The average molecular weight is 392 g/mol. The molecule has 0 radical (unpaired) electrons. The summed E-state index contributed by atoms with van der Waals surface area (Å²) in [5.74, 6) is 0. The summed E-state index contributed by atoms with van der Waals surface area (Å²) in [7, 11) is 4.22. The first kappa shape index (κ1) is 22.1. The van der Waals surface area contributed by atoms with E-state index in [0.29, 0.717) is 6.04 Å². The number of pyridine rings is 1. The Labute approximate surface area is 170 Å². The third kappa shape index (κ3) is 7.72. The molecule has 0 amide bonds. The number of nitrogens with zero attached hydrogens (tertiary/aromatic N) is 3. The van der Waals surface area contributed by atoms with Gasteiger partial charge in [-0.2, -0.15) is 0 Å². The van der Waals surface area contributed by atoms with Gasteiger partial charge in [-0.05, 0) is 91.4 Å². The van der Waals surface area contributed by atoms with Crippen LogP contribution in [0, 0.1) is 0 Å². The molecule has 5 nitrogen and oxygen atoms in total. The van der Waals surface area contributed by atoms with Crippen LogP contribution in [0.5, 0.6) is 0 Å². The zero-order valence-corrected chi connectivity index (χ0v) is 18.7. The number of piperidine rings is 1. The van der Waals surface area contributed by atoms with Crippen molar-refractivity contribution in [2.45, 2.75) is 70.6 Å². The van der Waals surface area contributed by atoms with Crippen molar-refractivity contribution in [2.75, 3.05) is 27.2 Å². The summed E-state index contributed by atoms with van der Waals surface area (Å²) in [5.41, 5.74) is 1.40. The van der Waals surface area contributed by atoms with Crippen LogP contribution in [0.2, 0.25) is 0 Å². The van der Waals surface area contributed by atoms with Crippen molar-refractivity contribution in [3.05, 3.63) is 30.1 Å². The van der Waals surface area contributed by atoms with Gasteiger partial charge in [0.1, 0.15) is 0 Å². The van der Waals surface area contributed by atoms with E-state index in [0.717, 1.165) is 44.0 Å². The van der Waals surface area contributed by atoms with Gasteiger partial charge >= 0.3 is 0 Å². The molecule has 0 aromatic carbocycles. The first-order valence-corrected chi connectivity index (χ1v) is 10.4. The Morgan fingerprint density at radius 1 is 1.22 bits per heavy atom. The fraction of sp³-hybridized carbons (Fsp3) is 0.714. The summed E-state index contributed by atoms with van der Waals surface area (Å²) >= 11 is 5.84. The molecule has 0 saturated carbocycles. The molecule has 1 fully saturated rings. The van der Waals surface area contributed by atoms with Crippen molar-refractivity contribution in [3.63, 3.8) is 0 Å². The minimum atomic E-state index is 0.105. The molecule has 1 aromatic heterocycles. The molecule has 1 saturated heterocycles. The van der Waals surface area contributed by atoms with Crippen molar-refractivity contribution in [2.24, 2.45) is 0 Å². The first-order chi connectivity index (χ1) is 12.6. The first-order valence-electron chi connectivity index (χ1n) is 9.95. The van der Waals surface area contributed by atoms with Crippen molar-refractivity contribution in [1.29, 1.82) is 0 Å². The Bertz CT molecular complexity index is 584. The Kier molecular flexibility index (Phi) is 7.60. The highest BCUT2D eigenvalue weighted by molar-refractivity contribution is 7.80. The summed E-state index contributed by atoms with van der Waals surface area (Å²) in [6.07, 6.45) is 6.95. The summed E-state index contributed by atoms with van der Waals surface area (Å²) < 4.78 is 0. The second-order valence-electron chi connectivity index (χ2n) is 9.39. The van der Waals surface area contributed by atoms with Gasteiger partial charge in [-0.15, -0.1) is 0 Å². The molecule has 0 atom stereocenters. The lowest BCUT2D eigenvalue weighted by Crippen LogP contribution is -2.62. The third-order valence-electron chi connectivity index (χ3n) is 4.93. The van der Waals surface area contributed by atoms with Gasteiger partial charge in [0.25, 0.3) is 0 Å². The van der Waals surface area contributed by atoms with E-state index in [1.54, 1.807) is 0 Å². The van der Waals surface area contributed by atoms with Crippen LogP contribution in [-0.4, -0.2) is 64.2 Å². The molecule has 152 valence electrons. The Hall–Kier alpha value is -1.24. The van der Waals surface area contributed by atoms with Crippen LogP contribution in [0.15, 0.2) is 24.5 Å². The van der Waals surface area contributed by atoms with E-state index in [1.165, 1.54) is 5.56 Å². The molecule has 0 unspecified atom stereocenters. The number of rotatable bonds is 7. The van der Waals surface area contributed by atoms with Crippen LogP contribution in [0.3, 0.4) is 0 Å². The molecule has 0 aliphatic carbocycles. The lowest BCUT2D eigenvalue weighted by molar-refractivity contribution is 0.153. The van der Waals surface area contributed by atoms with E-state index < -0.39 is 0 Å². The molecule has 2 rings (SSSR count). The third-order valence-corrected chi connectivity index (χ3v) is 5.31. The maximum absolute atomic E-state index is 5.84. The van der Waals surface area contributed by atoms with E-state index in [1.807, 2.05) is 18.5 Å². The summed E-state index contributed by atoms with van der Waals surface area (Å²) in [6, 6.07) is 4.49. The Morgan fingerprint density at radius 2 is 1.89 bits per heavy atom. The van der Waals surface area contributed by atoms with E-state index in [-0.39, 0.29) is 11.1 Å². The zero-order valence-electron chi connectivity index (χ0n) is 17.9. The fourth-order valence-electron chi connectivity index (χ4n) is 4.23. The molecular formula is C21H37N5S. The van der Waals surface area contributed by atoms with Crippen LogP contribution in [0.1, 0.15) is 52.5 Å². The van der Waals surface area contributed by atoms with Gasteiger partial charge in [0.2, 0.25) is 0 Å². The van der Waals surface area contributed by atoms with Gasteiger partial charge < -0.3 is 20.4 Å². The Morgan fingerprint density at radius 3 is 2.44 bits per heavy atom. The highest BCUT2D eigenvalue weighted by Crippen LogP contribution is 2.28. The minimum Gasteiger partial charge on any atom is -0.360 e. The molecule has 6 heteroatoms. The topological polar surface area (TPSA) is 43.4 Å². The quantitative estimate of drug-likeness (QED) is 0.697. The molecular weight excluding hydrogens is 354 g/mol. The normalized spacial score (nSPS) is 19.1. The number of nitrogens with one attached hydrogen (secondary N) is 2. The van der Waals surface area contributed by atoms with E-state index >= 15 is 0 Å². The highest BCUT2D eigenvalue weighted by atomic mass is 32.1. The van der Waals surface area contributed by atoms with Gasteiger partial charge in [-0.1, -0.05) is 6.07 Å². The number of aromatic nitrogens is 1. The Balaban J connectivity index is 2.03. The second kappa shape index (κ2) is 9.30. The minimum absolute atomic E-state index is 0.105. The summed E-state index contributed by atoms with van der Waals surface area (Å²) in [6.45, 7) is 11.9. The van der Waals surface area contributed by atoms with E-state index in [9.17, 15) is 0 Å². The standard InChI is InChI=1S/C21H37N5S/c1-20(2)13-18(14-21(3,4)24-20)23-19(27)26(12-8-11-25(5)6)16-17-9-7-10-22-15-17/h7,9-10,15,18,24H,8,11-14,16H2,1-6H3,(H,23,27). The lowest BCUT2D eigenvalue weighted by Gasteiger charge is -2.47. The van der Waals surface area contributed by atoms with Gasteiger partial charge in [-0.3, -0.25) is 4.98 Å². The molecule has 27 heavy (non-hydrogen) atoms. The van der Waals surface area contributed by atoms with E-state index in [2.05, 4.69) is 73.3 Å². The number of hydrogen-bond acceptors (Lipinski definition) is 4. The zero-order chi connectivity index (χ0) is 20.1. The van der Waals surface area contributed by atoms with Crippen molar-refractivity contribution < 1.29 is 0 Å². The maximum atomic E-state index is 5.84. The number of thiocarbonyl (C=S) groups is 1. The predicted molar refractivity (Wildman–Crippen MR) is 118 cm³/mol. The van der Waals surface area contributed by atoms with Crippen LogP contribution in [0.25, 0.3) is 0 Å². The van der Waals surface area contributed by atoms with Crippen molar-refractivity contribution >= 4 is 17.3 Å². The van der Waals surface area contributed by atoms with Crippen molar-refractivity contribution in [1.82, 2.24) is 25.4 Å². The van der Waals surface area contributed by atoms with E-state index in [4.69, 9.17) is 12.2 Å².